The van der Waals surface area contributed by atoms with Gasteiger partial charge in [-0.25, -0.2) is 17.9 Å². The van der Waals surface area contributed by atoms with E-state index in [1.807, 2.05) is 0 Å². The zero-order valence-electron chi connectivity index (χ0n) is 32.2. The van der Waals surface area contributed by atoms with E-state index in [0.29, 0.717) is 24.8 Å². The van der Waals surface area contributed by atoms with E-state index < -0.39 is 105 Å². The normalized spacial score (nSPS) is 18.5. The summed E-state index contributed by atoms with van der Waals surface area (Å²) < 4.78 is 38.6. The Hall–Kier alpha value is -4.23. The van der Waals surface area contributed by atoms with Crippen molar-refractivity contribution in [2.24, 2.45) is 17.8 Å². The molecule has 2 rings (SSSR count). The van der Waals surface area contributed by atoms with E-state index in [1.165, 1.54) is 12.1 Å². The van der Waals surface area contributed by atoms with Gasteiger partial charge in [-0.2, -0.15) is 0 Å². The van der Waals surface area contributed by atoms with Crippen molar-refractivity contribution in [3.8, 4) is 0 Å². The predicted molar refractivity (Wildman–Crippen MR) is 205 cm³/mol. The summed E-state index contributed by atoms with van der Waals surface area (Å²) in [5.41, 5.74) is 0.294. The summed E-state index contributed by atoms with van der Waals surface area (Å²) in [6.07, 6.45) is 2.20. The molecule has 0 aliphatic carbocycles. The van der Waals surface area contributed by atoms with Crippen LogP contribution in [0.5, 0.6) is 0 Å². The van der Waals surface area contributed by atoms with Crippen LogP contribution in [0.1, 0.15) is 84.7 Å². The number of aliphatic carboxylic acids is 1. The molecule has 55 heavy (non-hydrogen) atoms. The molecular formula is C36H56N6O11S2. The van der Waals surface area contributed by atoms with E-state index >= 15 is 0 Å². The second-order valence-electron chi connectivity index (χ2n) is 14.6. The Bertz CT molecular complexity index is 1650. The molecule has 19 heteroatoms. The van der Waals surface area contributed by atoms with Gasteiger partial charge in [0.25, 0.3) is 5.91 Å². The molecule has 1 saturated heterocycles. The Kier molecular flexibility index (Phi) is 19.1. The summed E-state index contributed by atoms with van der Waals surface area (Å²) in [7, 11) is -4.91. The Labute approximate surface area is 325 Å². The van der Waals surface area contributed by atoms with E-state index in [2.05, 4.69) is 31.3 Å². The number of amides is 5. The topological polar surface area (TPSA) is 263 Å². The van der Waals surface area contributed by atoms with Gasteiger partial charge < -0.3 is 31.7 Å². The lowest BCUT2D eigenvalue weighted by molar-refractivity contribution is -0.142. The van der Waals surface area contributed by atoms with Crippen molar-refractivity contribution >= 4 is 62.1 Å². The molecule has 0 bridgehead atoms. The molecular weight excluding hydrogens is 757 g/mol. The maximum Gasteiger partial charge on any atom is 0.330 e. The molecule has 5 amide bonds. The summed E-state index contributed by atoms with van der Waals surface area (Å²) in [5.74, 6) is -6.85. The van der Waals surface area contributed by atoms with Crippen molar-refractivity contribution in [2.45, 2.75) is 103 Å². The Morgan fingerprint density at radius 1 is 0.800 bits per heavy atom. The number of hydrogen-bond donors (Lipinski definition) is 7. The van der Waals surface area contributed by atoms with Crippen molar-refractivity contribution in [2.75, 3.05) is 24.3 Å². The Balaban J connectivity index is 2.22. The summed E-state index contributed by atoms with van der Waals surface area (Å²) in [6, 6.07) is 1.52. The molecule has 0 aromatic heterocycles. The zero-order chi connectivity index (χ0) is 41.5. The number of carbonyl (C=O) groups excluding carboxylic acids is 6. The molecule has 0 radical (unpaired) electrons. The number of carboxylic acid groups (broad SMARTS) is 1. The molecule has 7 N–H and O–H groups in total. The van der Waals surface area contributed by atoms with Gasteiger partial charge in [0.2, 0.25) is 39.4 Å². The van der Waals surface area contributed by atoms with Gasteiger partial charge in [0.15, 0.2) is 6.04 Å². The monoisotopic (exact) mass is 812 g/mol. The summed E-state index contributed by atoms with van der Waals surface area (Å²) in [4.78, 5) is 91.6. The van der Waals surface area contributed by atoms with E-state index in [1.54, 1.807) is 52.8 Å². The minimum absolute atomic E-state index is 0.0318. The van der Waals surface area contributed by atoms with Gasteiger partial charge in [-0.15, -0.1) is 0 Å². The Morgan fingerprint density at radius 2 is 1.35 bits per heavy atom. The molecule has 1 aromatic carbocycles. The number of benzene rings is 1. The largest absolute Gasteiger partial charge is 0.479 e. The Morgan fingerprint density at radius 3 is 1.87 bits per heavy atom. The van der Waals surface area contributed by atoms with Crippen molar-refractivity contribution < 1.29 is 51.3 Å². The lowest BCUT2D eigenvalue weighted by Crippen LogP contribution is -2.60. The second-order valence-corrected chi connectivity index (χ2v) is 18.1. The maximum absolute atomic E-state index is 14.0. The first-order valence-electron chi connectivity index (χ1n) is 18.3. The number of rotatable bonds is 22. The van der Waals surface area contributed by atoms with E-state index in [9.17, 15) is 51.3 Å². The van der Waals surface area contributed by atoms with E-state index in [0.717, 1.165) is 6.26 Å². The van der Waals surface area contributed by atoms with Crippen LogP contribution in [-0.4, -0.2) is 107 Å². The number of carbonyl (C=O) groups is 7. The SMILES string of the molecule is CCCC(NC(=O)[C@H](CC(C)C)NC(=O)[C@@H](NC(=O)C(CC(C)C)NS(C)(=O)=O)C1CCS(=O)CC1)C(=O)C(=O)NCC(=O)N[C@H](C(=O)O)c1ccccc1. The van der Waals surface area contributed by atoms with Crippen molar-refractivity contribution in [1.82, 2.24) is 31.3 Å². The number of hydrogen-bond acceptors (Lipinski definition) is 10. The van der Waals surface area contributed by atoms with Gasteiger partial charge in [0, 0.05) is 22.3 Å². The number of carboxylic acids is 1. The number of Topliss-reactive ketones (excluding diaryl/α,β-unsaturated/α-hetero) is 1. The molecule has 17 nitrogen and oxygen atoms in total. The van der Waals surface area contributed by atoms with Gasteiger partial charge in [-0.05, 0) is 55.4 Å². The van der Waals surface area contributed by atoms with Crippen LogP contribution >= 0.6 is 0 Å². The van der Waals surface area contributed by atoms with Gasteiger partial charge in [-0.1, -0.05) is 71.4 Å². The van der Waals surface area contributed by atoms with Crippen LogP contribution in [0.2, 0.25) is 0 Å². The highest BCUT2D eigenvalue weighted by Gasteiger charge is 2.37. The van der Waals surface area contributed by atoms with Crippen LogP contribution in [0.3, 0.4) is 0 Å². The molecule has 2 unspecified atom stereocenters. The van der Waals surface area contributed by atoms with Gasteiger partial charge in [0.05, 0.1) is 18.8 Å². The highest BCUT2D eigenvalue weighted by Crippen LogP contribution is 2.22. The van der Waals surface area contributed by atoms with Crippen molar-refractivity contribution in [1.29, 1.82) is 0 Å². The average molecular weight is 813 g/mol. The van der Waals surface area contributed by atoms with E-state index in [-0.39, 0.29) is 42.6 Å². The molecule has 1 aliphatic heterocycles. The van der Waals surface area contributed by atoms with Gasteiger partial charge in [0.1, 0.15) is 18.1 Å². The fourth-order valence-corrected chi connectivity index (χ4v) is 8.14. The van der Waals surface area contributed by atoms with Crippen LogP contribution in [0, 0.1) is 17.8 Å². The van der Waals surface area contributed by atoms with Crippen LogP contribution < -0.4 is 31.3 Å². The van der Waals surface area contributed by atoms with Crippen LogP contribution in [0.4, 0.5) is 0 Å². The fraction of sp³-hybridized carbons (Fsp3) is 0.639. The molecule has 1 fully saturated rings. The van der Waals surface area contributed by atoms with Crippen LogP contribution in [0.25, 0.3) is 0 Å². The van der Waals surface area contributed by atoms with Gasteiger partial charge in [-0.3, -0.25) is 33.0 Å². The van der Waals surface area contributed by atoms with Gasteiger partial charge >= 0.3 is 5.97 Å². The minimum Gasteiger partial charge on any atom is -0.479 e. The molecule has 1 aromatic rings. The van der Waals surface area contributed by atoms with Crippen LogP contribution in [0.15, 0.2) is 30.3 Å². The third kappa shape index (κ3) is 16.6. The second kappa shape index (κ2) is 22.4. The highest BCUT2D eigenvalue weighted by atomic mass is 32.2. The average Bonchev–Trinajstić information content (AvgIpc) is 3.10. The van der Waals surface area contributed by atoms with Crippen molar-refractivity contribution in [3.05, 3.63) is 35.9 Å². The number of nitrogens with one attached hydrogen (secondary N) is 6. The molecule has 1 heterocycles. The summed E-state index contributed by atoms with van der Waals surface area (Å²) >= 11 is 0. The standard InChI is InChI=1S/C36H56N6O11S2/c1-7-11-25(31(44)35(48)37-20-28(43)40-30(36(49)50)23-12-9-8-10-13-23)38-32(45)26(18-21(2)3)39-34(47)29(24-14-16-54(51)17-15-24)41-33(46)27(19-22(4)5)42-55(6,52)53/h8-10,12-13,21-22,24-27,29-30,42H,7,11,14-20H2,1-6H3,(H,37,48)(H,38,45)(H,39,47)(H,40,43)(H,41,46)(H,49,50)/t24?,25?,26-,27?,29-,30-,54?/m0/s1. The van der Waals surface area contributed by atoms with Crippen molar-refractivity contribution in [3.63, 3.8) is 0 Å². The smallest absolute Gasteiger partial charge is 0.330 e. The quantitative estimate of drug-likeness (QED) is 0.0769. The third-order valence-corrected chi connectivity index (χ3v) is 10.8. The first kappa shape index (κ1) is 46.9. The summed E-state index contributed by atoms with van der Waals surface area (Å²) in [6.45, 7) is 8.21. The molecule has 0 saturated carbocycles. The molecule has 0 spiro atoms. The molecule has 1 aliphatic rings. The molecule has 308 valence electrons. The summed E-state index contributed by atoms with van der Waals surface area (Å²) in [5, 5.41) is 22.0. The number of ketones is 1. The predicted octanol–water partition coefficient (Wildman–Crippen LogP) is 0.0370. The molecule has 5 atom stereocenters. The third-order valence-electron chi connectivity index (χ3n) is 8.73. The fourth-order valence-electron chi connectivity index (χ4n) is 6.08. The van der Waals surface area contributed by atoms with E-state index in [4.69, 9.17) is 0 Å². The first-order chi connectivity index (χ1) is 25.7. The zero-order valence-corrected chi connectivity index (χ0v) is 33.8. The van der Waals surface area contributed by atoms with Crippen LogP contribution in [-0.2, 0) is 54.4 Å². The minimum atomic E-state index is -3.80. The lowest BCUT2D eigenvalue weighted by Gasteiger charge is -2.32. The maximum atomic E-state index is 14.0. The highest BCUT2D eigenvalue weighted by molar-refractivity contribution is 7.88. The number of sulfonamides is 1. The first-order valence-corrected chi connectivity index (χ1v) is 21.7. The lowest BCUT2D eigenvalue weighted by atomic mass is 9.91.